The van der Waals surface area contributed by atoms with Crippen LogP contribution in [0, 0.1) is 5.82 Å². The molecule has 10 heteroatoms. The van der Waals surface area contributed by atoms with E-state index < -0.39 is 24.1 Å². The first-order valence-corrected chi connectivity index (χ1v) is 10.2. The van der Waals surface area contributed by atoms with E-state index in [1.165, 1.54) is 24.3 Å². The molecule has 2 aromatic carbocycles. The number of nitrogens with zero attached hydrogens (tertiary/aromatic N) is 1. The lowest BCUT2D eigenvalue weighted by atomic mass is 9.89. The van der Waals surface area contributed by atoms with Gasteiger partial charge in [-0.3, -0.25) is 4.79 Å². The number of aliphatic hydroxyl groups excluding tert-OH is 1. The van der Waals surface area contributed by atoms with Crippen molar-refractivity contribution in [3.05, 3.63) is 47.8 Å². The highest BCUT2D eigenvalue weighted by molar-refractivity contribution is 5.94. The number of anilines is 2. The molecule has 32 heavy (non-hydrogen) atoms. The van der Waals surface area contributed by atoms with E-state index in [4.69, 9.17) is 4.74 Å². The third-order valence-electron chi connectivity index (χ3n) is 5.82. The van der Waals surface area contributed by atoms with Crippen LogP contribution in [0.2, 0.25) is 0 Å². The van der Waals surface area contributed by atoms with Crippen molar-refractivity contribution in [1.82, 2.24) is 0 Å². The second-order valence-corrected chi connectivity index (χ2v) is 7.92. The van der Waals surface area contributed by atoms with Gasteiger partial charge in [0.1, 0.15) is 35.6 Å². The molecule has 0 aliphatic carbocycles. The van der Waals surface area contributed by atoms with E-state index in [9.17, 15) is 28.2 Å². The van der Waals surface area contributed by atoms with Gasteiger partial charge in [-0.1, -0.05) is 0 Å². The highest BCUT2D eigenvalue weighted by atomic mass is 19.3. The fourth-order valence-corrected chi connectivity index (χ4v) is 3.97. The molecule has 2 heterocycles. The number of nitrogens with one attached hydrogen (secondary N) is 1. The van der Waals surface area contributed by atoms with Gasteiger partial charge in [-0.2, -0.15) is 8.78 Å². The Hall–Kier alpha value is -2.98. The molecule has 1 saturated heterocycles. The van der Waals surface area contributed by atoms with E-state index >= 15 is 0 Å². The minimum absolute atomic E-state index is 0.0324. The van der Waals surface area contributed by atoms with Crippen LogP contribution in [0.3, 0.4) is 0 Å². The largest absolute Gasteiger partial charge is 0.490 e. The van der Waals surface area contributed by atoms with Crippen molar-refractivity contribution in [1.29, 1.82) is 0 Å². The van der Waals surface area contributed by atoms with Crippen LogP contribution in [0.25, 0.3) is 0 Å². The van der Waals surface area contributed by atoms with Gasteiger partial charge >= 0.3 is 6.61 Å². The molecular formula is C22H23F3N2O5. The molecule has 0 aromatic heterocycles. The Labute approximate surface area is 182 Å². The van der Waals surface area contributed by atoms with Gasteiger partial charge in [-0.15, -0.1) is 0 Å². The number of fused-ring (bicyclic) bond motifs is 1. The monoisotopic (exact) mass is 452 g/mol. The number of hydrogen-bond donors (Lipinski definition) is 3. The number of alkyl halides is 2. The maximum Gasteiger partial charge on any atom is 0.387 e. The van der Waals surface area contributed by atoms with Crippen LogP contribution in [-0.2, 0) is 11.2 Å². The number of halogens is 3. The van der Waals surface area contributed by atoms with Gasteiger partial charge in [0, 0.05) is 30.8 Å². The first-order valence-electron chi connectivity index (χ1n) is 10.2. The molecule has 0 radical (unpaired) electrons. The number of piperidine rings is 1. The first kappa shape index (κ1) is 22.2. The number of benzene rings is 2. The van der Waals surface area contributed by atoms with E-state index in [0.29, 0.717) is 30.0 Å². The lowest BCUT2D eigenvalue weighted by Crippen LogP contribution is -2.58. The van der Waals surface area contributed by atoms with Crippen molar-refractivity contribution in [2.45, 2.75) is 37.6 Å². The zero-order valence-corrected chi connectivity index (χ0v) is 17.1. The summed E-state index contributed by atoms with van der Waals surface area (Å²) in [6.07, 6.45) is -0.447. The fraction of sp³-hybridized carbons (Fsp3) is 0.409. The van der Waals surface area contributed by atoms with Crippen LogP contribution in [-0.4, -0.2) is 54.1 Å². The van der Waals surface area contributed by atoms with Crippen molar-refractivity contribution in [2.24, 2.45) is 0 Å². The summed E-state index contributed by atoms with van der Waals surface area (Å²) in [6.45, 7) is -2.62. The topological polar surface area (TPSA) is 91.3 Å². The van der Waals surface area contributed by atoms with Gasteiger partial charge in [0.15, 0.2) is 0 Å². The number of carbonyl (C=O) groups is 1. The molecule has 2 aliphatic rings. The summed E-state index contributed by atoms with van der Waals surface area (Å²) in [7, 11) is 0. The predicted molar refractivity (Wildman–Crippen MR) is 110 cm³/mol. The molecule has 172 valence electrons. The van der Waals surface area contributed by atoms with E-state index in [-0.39, 0.29) is 43.3 Å². The summed E-state index contributed by atoms with van der Waals surface area (Å²) >= 11 is 0. The summed E-state index contributed by atoms with van der Waals surface area (Å²) in [5.41, 5.74) is -0.238. The smallest absolute Gasteiger partial charge is 0.387 e. The molecule has 0 saturated carbocycles. The molecule has 4 rings (SSSR count). The quantitative estimate of drug-likeness (QED) is 0.625. The highest BCUT2D eigenvalue weighted by Gasteiger charge is 2.42. The Kier molecular flexibility index (Phi) is 6.16. The molecule has 0 spiro atoms. The standard InChI is InChI=1S/C22H23F3N2O5/c23-16-6-7-17(15-5-8-19(29)26-20(15)16)31-12-22(30)9-10-27(11-18(22)28)13-1-3-14(4-2-13)32-21(24)25/h1-4,6-7,18,21,28,30H,5,8-12H2,(H,26,29)/t18-,22-/m1/s1. The maximum absolute atomic E-state index is 14.0. The average Bonchev–Trinajstić information content (AvgIpc) is 2.76. The molecule has 0 unspecified atom stereocenters. The number of amides is 1. The van der Waals surface area contributed by atoms with Crippen LogP contribution in [0.15, 0.2) is 36.4 Å². The Balaban J connectivity index is 1.40. The summed E-state index contributed by atoms with van der Waals surface area (Å²) in [5.74, 6) is -0.453. The lowest BCUT2D eigenvalue weighted by molar-refractivity contribution is -0.116. The van der Waals surface area contributed by atoms with Crippen molar-refractivity contribution >= 4 is 17.3 Å². The van der Waals surface area contributed by atoms with Crippen LogP contribution >= 0.6 is 0 Å². The number of hydrogen-bond acceptors (Lipinski definition) is 6. The van der Waals surface area contributed by atoms with E-state index in [0.717, 1.165) is 0 Å². The van der Waals surface area contributed by atoms with Gasteiger partial charge in [-0.05, 0) is 49.2 Å². The lowest BCUT2D eigenvalue weighted by Gasteiger charge is -2.42. The number of carbonyl (C=O) groups excluding carboxylic acids is 1. The zero-order chi connectivity index (χ0) is 22.9. The molecule has 1 amide bonds. The van der Waals surface area contributed by atoms with Crippen molar-refractivity contribution in [3.63, 3.8) is 0 Å². The average molecular weight is 452 g/mol. The summed E-state index contributed by atoms with van der Waals surface area (Å²) in [6, 6.07) is 8.65. The SMILES string of the molecule is O=C1CCc2c(OC[C@]3(O)CCN(c4ccc(OC(F)F)cc4)C[C@H]3O)ccc(F)c2N1. The summed E-state index contributed by atoms with van der Waals surface area (Å²) in [5, 5.41) is 24.1. The molecule has 2 aromatic rings. The van der Waals surface area contributed by atoms with Crippen LogP contribution in [0.1, 0.15) is 18.4 Å². The van der Waals surface area contributed by atoms with Crippen LogP contribution in [0.5, 0.6) is 11.5 Å². The second-order valence-electron chi connectivity index (χ2n) is 7.92. The number of β-amino-alcohol motifs (C(OH)–C–C–N with tert-alkyl or cyclic N) is 1. The molecule has 2 atom stereocenters. The molecule has 0 bridgehead atoms. The summed E-state index contributed by atoms with van der Waals surface area (Å²) in [4.78, 5) is 13.4. The predicted octanol–water partition coefficient (Wildman–Crippen LogP) is 2.69. The zero-order valence-electron chi connectivity index (χ0n) is 17.1. The van der Waals surface area contributed by atoms with Gasteiger partial charge in [0.05, 0.1) is 5.69 Å². The minimum Gasteiger partial charge on any atom is -0.490 e. The first-order chi connectivity index (χ1) is 15.2. The Morgan fingerprint density at radius 2 is 1.94 bits per heavy atom. The van der Waals surface area contributed by atoms with Crippen molar-refractivity contribution in [3.8, 4) is 11.5 Å². The number of aliphatic hydroxyl groups is 2. The van der Waals surface area contributed by atoms with Crippen LogP contribution in [0.4, 0.5) is 24.5 Å². The summed E-state index contributed by atoms with van der Waals surface area (Å²) < 4.78 is 48.7. The molecule has 3 N–H and O–H groups in total. The van der Waals surface area contributed by atoms with Gasteiger partial charge in [0.25, 0.3) is 0 Å². The van der Waals surface area contributed by atoms with Crippen LogP contribution < -0.4 is 19.7 Å². The molecule has 2 aliphatic heterocycles. The minimum atomic E-state index is -2.91. The van der Waals surface area contributed by atoms with Gasteiger partial charge in [-0.25, -0.2) is 4.39 Å². The third kappa shape index (κ3) is 4.61. The maximum atomic E-state index is 14.0. The van der Waals surface area contributed by atoms with Gasteiger partial charge in [0.2, 0.25) is 5.91 Å². The highest BCUT2D eigenvalue weighted by Crippen LogP contribution is 2.35. The fourth-order valence-electron chi connectivity index (χ4n) is 3.97. The van der Waals surface area contributed by atoms with E-state index in [1.807, 2.05) is 4.90 Å². The van der Waals surface area contributed by atoms with E-state index in [2.05, 4.69) is 10.1 Å². The number of ether oxygens (including phenoxy) is 2. The third-order valence-corrected chi connectivity index (χ3v) is 5.82. The van der Waals surface area contributed by atoms with Gasteiger partial charge < -0.3 is 29.9 Å². The Morgan fingerprint density at radius 1 is 1.19 bits per heavy atom. The Bertz CT molecular complexity index is 988. The normalized spacial score (nSPS) is 23.0. The Morgan fingerprint density at radius 3 is 2.62 bits per heavy atom. The molecule has 1 fully saturated rings. The second kappa shape index (κ2) is 8.87. The molecular weight excluding hydrogens is 429 g/mol. The number of rotatable bonds is 6. The van der Waals surface area contributed by atoms with E-state index in [1.54, 1.807) is 12.1 Å². The molecule has 7 nitrogen and oxygen atoms in total. The van der Waals surface area contributed by atoms with Crippen molar-refractivity contribution in [2.75, 3.05) is 29.9 Å². The van der Waals surface area contributed by atoms with Crippen molar-refractivity contribution < 1.29 is 37.7 Å².